The zero-order chi connectivity index (χ0) is 16.6. The summed E-state index contributed by atoms with van der Waals surface area (Å²) in [5.74, 6) is 0.545. The van der Waals surface area contributed by atoms with Gasteiger partial charge in [0.25, 0.3) is 0 Å². The molecule has 3 heterocycles. The van der Waals surface area contributed by atoms with Crippen molar-refractivity contribution >= 4 is 38.8 Å². The molecule has 0 spiro atoms. The molecule has 3 rings (SSSR count). The van der Waals surface area contributed by atoms with Gasteiger partial charge in [-0.15, -0.1) is 0 Å². The summed E-state index contributed by atoms with van der Waals surface area (Å²) >= 11 is 3.58. The summed E-state index contributed by atoms with van der Waals surface area (Å²) in [4.78, 5) is 24.5. The largest absolute Gasteiger partial charge is 0.378 e. The second-order valence-electron chi connectivity index (χ2n) is 6.57. The van der Waals surface area contributed by atoms with Crippen LogP contribution >= 0.6 is 15.9 Å². The number of carbonyl (C=O) groups excluding carboxylic acids is 1. The fraction of sp³-hybridized carbons (Fsp3) is 0.500. The molecule has 0 aromatic carbocycles. The lowest BCUT2D eigenvalue weighted by Gasteiger charge is -2.28. The number of nitrogens with zero attached hydrogens (tertiary/aromatic N) is 3. The van der Waals surface area contributed by atoms with Crippen LogP contribution in [0.2, 0.25) is 0 Å². The average molecular weight is 382 g/mol. The molecule has 2 aromatic heterocycles. The minimum absolute atomic E-state index is 0.301. The van der Waals surface area contributed by atoms with Crippen LogP contribution in [0, 0.1) is 5.41 Å². The van der Waals surface area contributed by atoms with E-state index in [4.69, 9.17) is 9.57 Å². The molecule has 1 aliphatic rings. The minimum atomic E-state index is -0.574. The van der Waals surface area contributed by atoms with Crippen molar-refractivity contribution < 1.29 is 14.4 Å². The Morgan fingerprint density at radius 3 is 2.70 bits per heavy atom. The van der Waals surface area contributed by atoms with Crippen LogP contribution in [0.3, 0.4) is 0 Å². The van der Waals surface area contributed by atoms with E-state index in [0.717, 1.165) is 28.8 Å². The summed E-state index contributed by atoms with van der Waals surface area (Å²) in [6, 6.07) is 3.87. The molecule has 7 heteroatoms. The van der Waals surface area contributed by atoms with E-state index in [2.05, 4.69) is 25.8 Å². The standard InChI is InChI=1S/C16H20BrN3O3/c1-16(2,3)15(21)23-20-5-4-11-12(17)10-13(18-14(11)20)19-6-8-22-9-7-19/h4-5,10H,6-9H2,1-3H3. The van der Waals surface area contributed by atoms with Crippen LogP contribution in [0.15, 0.2) is 22.8 Å². The molecule has 2 aromatic rings. The number of aromatic nitrogens is 2. The SMILES string of the molecule is CC(C)(C)C(=O)On1ccc2c(Br)cc(N3CCOCC3)nc21. The van der Waals surface area contributed by atoms with E-state index >= 15 is 0 Å². The van der Waals surface area contributed by atoms with Crippen LogP contribution in [-0.4, -0.2) is 42.0 Å². The number of halogens is 1. The first-order valence-corrected chi connectivity index (χ1v) is 8.38. The maximum atomic E-state index is 12.1. The molecular weight excluding hydrogens is 362 g/mol. The topological polar surface area (TPSA) is 56.6 Å². The van der Waals surface area contributed by atoms with Crippen LogP contribution in [0.4, 0.5) is 5.82 Å². The third-order valence-corrected chi connectivity index (χ3v) is 4.34. The number of rotatable bonds is 2. The van der Waals surface area contributed by atoms with Gasteiger partial charge >= 0.3 is 5.97 Å². The maximum absolute atomic E-state index is 12.1. The van der Waals surface area contributed by atoms with E-state index < -0.39 is 5.41 Å². The van der Waals surface area contributed by atoms with Crippen LogP contribution in [0.25, 0.3) is 11.0 Å². The Labute approximate surface area is 143 Å². The maximum Gasteiger partial charge on any atom is 0.338 e. The molecule has 0 saturated carbocycles. The number of ether oxygens (including phenoxy) is 1. The van der Waals surface area contributed by atoms with Crippen molar-refractivity contribution in [1.29, 1.82) is 0 Å². The zero-order valence-corrected chi connectivity index (χ0v) is 15.1. The molecule has 0 amide bonds. The zero-order valence-electron chi connectivity index (χ0n) is 13.5. The van der Waals surface area contributed by atoms with E-state index in [1.807, 2.05) is 32.9 Å². The molecule has 1 saturated heterocycles. The molecule has 0 N–H and O–H groups in total. The highest BCUT2D eigenvalue weighted by atomic mass is 79.9. The fourth-order valence-electron chi connectivity index (χ4n) is 2.29. The van der Waals surface area contributed by atoms with Gasteiger partial charge in [-0.2, -0.15) is 4.73 Å². The van der Waals surface area contributed by atoms with Crippen molar-refractivity contribution in [2.24, 2.45) is 5.41 Å². The number of hydrogen-bond donors (Lipinski definition) is 0. The van der Waals surface area contributed by atoms with Gasteiger partial charge < -0.3 is 14.5 Å². The first kappa shape index (κ1) is 16.3. The van der Waals surface area contributed by atoms with Crippen molar-refractivity contribution in [1.82, 2.24) is 9.71 Å². The molecular formula is C16H20BrN3O3. The van der Waals surface area contributed by atoms with Crippen LogP contribution in [0.5, 0.6) is 0 Å². The van der Waals surface area contributed by atoms with E-state index in [1.54, 1.807) is 6.20 Å². The van der Waals surface area contributed by atoms with Crippen LogP contribution in [-0.2, 0) is 9.53 Å². The Kier molecular flexibility index (Phi) is 4.33. The van der Waals surface area contributed by atoms with Crippen molar-refractivity contribution in [3.05, 3.63) is 22.8 Å². The normalized spacial score (nSPS) is 15.9. The first-order chi connectivity index (χ1) is 10.9. The predicted molar refractivity (Wildman–Crippen MR) is 91.5 cm³/mol. The number of anilines is 1. The molecule has 6 nitrogen and oxygen atoms in total. The van der Waals surface area contributed by atoms with Gasteiger partial charge in [0.05, 0.1) is 18.6 Å². The third kappa shape index (κ3) is 3.35. The molecule has 1 aliphatic heterocycles. The monoisotopic (exact) mass is 381 g/mol. The lowest BCUT2D eigenvalue weighted by Crippen LogP contribution is -2.37. The number of morpholine rings is 1. The fourth-order valence-corrected chi connectivity index (χ4v) is 2.80. The predicted octanol–water partition coefficient (Wildman–Crippen LogP) is 2.64. The second-order valence-corrected chi connectivity index (χ2v) is 7.42. The summed E-state index contributed by atoms with van der Waals surface area (Å²) in [7, 11) is 0. The number of carbonyl (C=O) groups is 1. The smallest absolute Gasteiger partial charge is 0.338 e. The van der Waals surface area contributed by atoms with Gasteiger partial charge in [-0.05, 0) is 48.8 Å². The van der Waals surface area contributed by atoms with Crippen LogP contribution < -0.4 is 9.74 Å². The molecule has 124 valence electrons. The summed E-state index contributed by atoms with van der Waals surface area (Å²) in [6.07, 6.45) is 1.72. The van der Waals surface area contributed by atoms with E-state index in [1.165, 1.54) is 4.73 Å². The van der Waals surface area contributed by atoms with Crippen molar-refractivity contribution in [2.45, 2.75) is 20.8 Å². The molecule has 0 unspecified atom stereocenters. The van der Waals surface area contributed by atoms with Crippen LogP contribution in [0.1, 0.15) is 20.8 Å². The first-order valence-electron chi connectivity index (χ1n) is 7.59. The number of pyridine rings is 1. The van der Waals surface area contributed by atoms with Gasteiger partial charge in [0, 0.05) is 29.1 Å². The van der Waals surface area contributed by atoms with Gasteiger partial charge in [0.2, 0.25) is 0 Å². The van der Waals surface area contributed by atoms with Crippen molar-refractivity contribution in [3.63, 3.8) is 0 Å². The number of hydrogen-bond acceptors (Lipinski definition) is 5. The van der Waals surface area contributed by atoms with Gasteiger partial charge in [-0.25, -0.2) is 9.78 Å². The van der Waals surface area contributed by atoms with E-state index in [9.17, 15) is 4.79 Å². The molecule has 23 heavy (non-hydrogen) atoms. The lowest BCUT2D eigenvalue weighted by atomic mass is 9.98. The Morgan fingerprint density at radius 2 is 2.04 bits per heavy atom. The van der Waals surface area contributed by atoms with Crippen molar-refractivity contribution in [3.8, 4) is 0 Å². The highest BCUT2D eigenvalue weighted by Gasteiger charge is 2.25. The Morgan fingerprint density at radius 1 is 1.35 bits per heavy atom. The summed E-state index contributed by atoms with van der Waals surface area (Å²) in [5.41, 5.74) is 0.0498. The Balaban J connectivity index is 1.97. The Hall–Kier alpha value is -1.60. The third-order valence-electron chi connectivity index (χ3n) is 3.69. The second kappa shape index (κ2) is 6.13. The van der Waals surface area contributed by atoms with Gasteiger partial charge in [-0.1, -0.05) is 0 Å². The summed E-state index contributed by atoms with van der Waals surface area (Å²) in [6.45, 7) is 8.45. The van der Waals surface area contributed by atoms with E-state index in [-0.39, 0.29) is 5.97 Å². The molecule has 0 atom stereocenters. The molecule has 0 bridgehead atoms. The average Bonchev–Trinajstić information content (AvgIpc) is 2.91. The molecule has 1 fully saturated rings. The molecule has 0 radical (unpaired) electrons. The Bertz CT molecular complexity index is 730. The lowest BCUT2D eigenvalue weighted by molar-refractivity contribution is -0.152. The highest BCUT2D eigenvalue weighted by molar-refractivity contribution is 9.10. The van der Waals surface area contributed by atoms with Gasteiger partial charge in [-0.3, -0.25) is 0 Å². The minimum Gasteiger partial charge on any atom is -0.378 e. The van der Waals surface area contributed by atoms with Gasteiger partial charge in [0.15, 0.2) is 5.65 Å². The highest BCUT2D eigenvalue weighted by Crippen LogP contribution is 2.28. The summed E-state index contributed by atoms with van der Waals surface area (Å²) < 4.78 is 7.75. The van der Waals surface area contributed by atoms with Crippen molar-refractivity contribution in [2.75, 3.05) is 31.2 Å². The quantitative estimate of drug-likeness (QED) is 0.800. The van der Waals surface area contributed by atoms with E-state index in [0.29, 0.717) is 18.9 Å². The van der Waals surface area contributed by atoms with Gasteiger partial charge in [0.1, 0.15) is 5.82 Å². The summed E-state index contributed by atoms with van der Waals surface area (Å²) in [5, 5.41) is 0.906. The molecule has 0 aliphatic carbocycles. The number of fused-ring (bicyclic) bond motifs is 1.